The molecule has 0 saturated heterocycles. The molecule has 0 fully saturated rings. The molecule has 1 amide bonds. The number of ether oxygens (including phenoxy) is 2. The molecule has 2 rings (SSSR count). The summed E-state index contributed by atoms with van der Waals surface area (Å²) >= 11 is 1.45. The molecule has 136 valence electrons. The van der Waals surface area contributed by atoms with Crippen molar-refractivity contribution < 1.29 is 19.1 Å². The first-order valence-electron chi connectivity index (χ1n) is 7.88. The van der Waals surface area contributed by atoms with Crippen molar-refractivity contribution in [1.82, 2.24) is 5.43 Å². The highest BCUT2D eigenvalue weighted by Gasteiger charge is 2.02. The normalized spacial score (nSPS) is 10.5. The molecule has 0 aromatic heterocycles. The fraction of sp³-hybridized carbons (Fsp3) is 0.211. The van der Waals surface area contributed by atoms with E-state index in [0.717, 1.165) is 10.5 Å². The van der Waals surface area contributed by atoms with Crippen molar-refractivity contribution in [3.8, 4) is 5.75 Å². The van der Waals surface area contributed by atoms with Gasteiger partial charge in [-0.3, -0.25) is 4.79 Å². The molecule has 2 aromatic carbocycles. The van der Waals surface area contributed by atoms with E-state index in [1.807, 2.05) is 31.2 Å². The highest BCUT2D eigenvalue weighted by molar-refractivity contribution is 8.00. The number of benzene rings is 2. The Labute approximate surface area is 156 Å². The standard InChI is InChI=1S/C19H20N2O4S/c1-14-3-9-17(10-4-14)26-13-18(22)21-20-11-15-5-7-16(8-6-15)25-12-19(23)24-2/h3-11H,12-13H2,1-2H3,(H,21,22)/b20-11-. The topological polar surface area (TPSA) is 77.0 Å². The molecule has 26 heavy (non-hydrogen) atoms. The molecule has 0 aliphatic heterocycles. The van der Waals surface area contributed by atoms with Gasteiger partial charge in [-0.15, -0.1) is 11.8 Å². The third-order valence-electron chi connectivity index (χ3n) is 3.26. The maximum absolute atomic E-state index is 11.8. The number of thioether (sulfide) groups is 1. The molecule has 0 radical (unpaired) electrons. The van der Waals surface area contributed by atoms with Crippen LogP contribution in [0.2, 0.25) is 0 Å². The number of aryl methyl sites for hydroxylation is 1. The Morgan fingerprint density at radius 3 is 2.46 bits per heavy atom. The Kier molecular flexibility index (Phi) is 7.70. The summed E-state index contributed by atoms with van der Waals surface area (Å²) in [6.07, 6.45) is 1.54. The molecule has 6 nitrogen and oxygen atoms in total. The van der Waals surface area contributed by atoms with Gasteiger partial charge in [0, 0.05) is 4.90 Å². The number of carbonyl (C=O) groups excluding carboxylic acids is 2. The van der Waals surface area contributed by atoms with Gasteiger partial charge in [0.05, 0.1) is 19.1 Å². The minimum Gasteiger partial charge on any atom is -0.482 e. The van der Waals surface area contributed by atoms with E-state index in [0.29, 0.717) is 11.5 Å². The number of nitrogens with one attached hydrogen (secondary N) is 1. The lowest BCUT2D eigenvalue weighted by atomic mass is 10.2. The number of hydrogen-bond donors (Lipinski definition) is 1. The zero-order valence-electron chi connectivity index (χ0n) is 14.6. The van der Waals surface area contributed by atoms with Crippen LogP contribution < -0.4 is 10.2 Å². The SMILES string of the molecule is COC(=O)COc1ccc(/C=N\NC(=O)CSc2ccc(C)cc2)cc1. The van der Waals surface area contributed by atoms with Crippen molar-refractivity contribution in [3.63, 3.8) is 0 Å². The molecule has 0 aliphatic rings. The molecule has 0 bridgehead atoms. The van der Waals surface area contributed by atoms with Crippen LogP contribution in [0, 0.1) is 6.92 Å². The first-order valence-corrected chi connectivity index (χ1v) is 8.86. The van der Waals surface area contributed by atoms with Crippen molar-refractivity contribution in [3.05, 3.63) is 59.7 Å². The van der Waals surface area contributed by atoms with Gasteiger partial charge in [0.15, 0.2) is 6.61 Å². The molecular formula is C19H20N2O4S. The fourth-order valence-corrected chi connectivity index (χ4v) is 2.54. The molecule has 0 spiro atoms. The van der Waals surface area contributed by atoms with Gasteiger partial charge in [0.25, 0.3) is 0 Å². The third-order valence-corrected chi connectivity index (χ3v) is 4.27. The lowest BCUT2D eigenvalue weighted by Gasteiger charge is -2.04. The Morgan fingerprint density at radius 1 is 1.12 bits per heavy atom. The lowest BCUT2D eigenvalue weighted by Crippen LogP contribution is -2.19. The number of hydrazone groups is 1. The van der Waals surface area contributed by atoms with Gasteiger partial charge in [-0.2, -0.15) is 5.10 Å². The van der Waals surface area contributed by atoms with Crippen LogP contribution in [0.3, 0.4) is 0 Å². The van der Waals surface area contributed by atoms with Gasteiger partial charge in [0.2, 0.25) is 5.91 Å². The monoisotopic (exact) mass is 372 g/mol. The maximum atomic E-state index is 11.8. The van der Waals surface area contributed by atoms with Crippen LogP contribution in [0.5, 0.6) is 5.75 Å². The predicted octanol–water partition coefficient (Wildman–Crippen LogP) is 2.79. The Hall–Kier alpha value is -2.80. The van der Waals surface area contributed by atoms with Gasteiger partial charge in [-0.1, -0.05) is 17.7 Å². The molecule has 0 aliphatic carbocycles. The lowest BCUT2D eigenvalue weighted by molar-refractivity contribution is -0.142. The van der Waals surface area contributed by atoms with E-state index in [2.05, 4.69) is 15.3 Å². The second kappa shape index (κ2) is 10.2. The van der Waals surface area contributed by atoms with Crippen molar-refractivity contribution >= 4 is 29.9 Å². The van der Waals surface area contributed by atoms with Crippen LogP contribution in [0.25, 0.3) is 0 Å². The van der Waals surface area contributed by atoms with E-state index in [-0.39, 0.29) is 12.5 Å². The number of amides is 1. The molecule has 0 unspecified atom stereocenters. The average Bonchev–Trinajstić information content (AvgIpc) is 2.66. The number of methoxy groups -OCH3 is 1. The van der Waals surface area contributed by atoms with Crippen LogP contribution >= 0.6 is 11.8 Å². The van der Waals surface area contributed by atoms with E-state index >= 15 is 0 Å². The van der Waals surface area contributed by atoms with Crippen LogP contribution in [-0.2, 0) is 14.3 Å². The largest absolute Gasteiger partial charge is 0.482 e. The van der Waals surface area contributed by atoms with Gasteiger partial charge in [-0.05, 0) is 48.9 Å². The van der Waals surface area contributed by atoms with E-state index in [1.54, 1.807) is 30.5 Å². The molecule has 0 saturated carbocycles. The van der Waals surface area contributed by atoms with Crippen molar-refractivity contribution in [2.75, 3.05) is 19.5 Å². The van der Waals surface area contributed by atoms with Crippen molar-refractivity contribution in [2.24, 2.45) is 5.10 Å². The number of rotatable bonds is 8. The third kappa shape index (κ3) is 6.98. The summed E-state index contributed by atoms with van der Waals surface area (Å²) in [5, 5.41) is 3.93. The van der Waals surface area contributed by atoms with Crippen LogP contribution in [-0.4, -0.2) is 37.6 Å². The maximum Gasteiger partial charge on any atom is 0.343 e. The Balaban J connectivity index is 1.74. The van der Waals surface area contributed by atoms with Crippen molar-refractivity contribution in [2.45, 2.75) is 11.8 Å². The minimum atomic E-state index is -0.443. The van der Waals surface area contributed by atoms with Crippen LogP contribution in [0.15, 0.2) is 58.5 Å². The second-order valence-electron chi connectivity index (χ2n) is 5.33. The summed E-state index contributed by atoms with van der Waals surface area (Å²) in [5.74, 6) is 0.221. The molecular weight excluding hydrogens is 352 g/mol. The summed E-state index contributed by atoms with van der Waals surface area (Å²) in [7, 11) is 1.30. The van der Waals surface area contributed by atoms with E-state index in [9.17, 15) is 9.59 Å². The Morgan fingerprint density at radius 2 is 1.81 bits per heavy atom. The summed E-state index contributed by atoms with van der Waals surface area (Å²) in [6, 6.07) is 14.9. The quantitative estimate of drug-likeness (QED) is 0.334. The summed E-state index contributed by atoms with van der Waals surface area (Å²) in [6.45, 7) is 1.88. The van der Waals surface area contributed by atoms with Gasteiger partial charge in [-0.25, -0.2) is 10.2 Å². The van der Waals surface area contributed by atoms with Gasteiger partial charge in [0.1, 0.15) is 5.75 Å². The average molecular weight is 372 g/mol. The first kappa shape index (κ1) is 19.5. The fourth-order valence-electron chi connectivity index (χ4n) is 1.85. The molecule has 1 N–H and O–H groups in total. The van der Waals surface area contributed by atoms with E-state index < -0.39 is 5.97 Å². The van der Waals surface area contributed by atoms with Gasteiger partial charge >= 0.3 is 5.97 Å². The minimum absolute atomic E-state index is 0.140. The summed E-state index contributed by atoms with van der Waals surface area (Å²) in [5.41, 5.74) is 4.47. The highest BCUT2D eigenvalue weighted by Crippen LogP contribution is 2.17. The van der Waals surface area contributed by atoms with Crippen LogP contribution in [0.1, 0.15) is 11.1 Å². The summed E-state index contributed by atoms with van der Waals surface area (Å²) in [4.78, 5) is 23.8. The second-order valence-corrected chi connectivity index (χ2v) is 6.38. The number of hydrogen-bond acceptors (Lipinski definition) is 6. The number of carbonyl (C=O) groups is 2. The van der Waals surface area contributed by atoms with E-state index in [1.165, 1.54) is 24.4 Å². The molecule has 0 atom stereocenters. The molecule has 7 heteroatoms. The smallest absolute Gasteiger partial charge is 0.343 e. The van der Waals surface area contributed by atoms with Crippen molar-refractivity contribution in [1.29, 1.82) is 0 Å². The molecule has 0 heterocycles. The Bertz CT molecular complexity index is 758. The predicted molar refractivity (Wildman–Crippen MR) is 102 cm³/mol. The first-order chi connectivity index (χ1) is 12.6. The highest BCUT2D eigenvalue weighted by atomic mass is 32.2. The van der Waals surface area contributed by atoms with Crippen LogP contribution in [0.4, 0.5) is 0 Å². The van der Waals surface area contributed by atoms with E-state index in [4.69, 9.17) is 4.74 Å². The van der Waals surface area contributed by atoms with Gasteiger partial charge < -0.3 is 9.47 Å². The number of nitrogens with zero attached hydrogens (tertiary/aromatic N) is 1. The summed E-state index contributed by atoms with van der Waals surface area (Å²) < 4.78 is 9.74. The zero-order chi connectivity index (χ0) is 18.8. The zero-order valence-corrected chi connectivity index (χ0v) is 15.4. The molecule has 2 aromatic rings. The number of esters is 1.